The van der Waals surface area contributed by atoms with E-state index in [1.807, 2.05) is 0 Å². The first-order valence-corrected chi connectivity index (χ1v) is 5.39. The molecule has 0 amide bonds. The van der Waals surface area contributed by atoms with Crippen LogP contribution in [0.1, 0.15) is 59.8 Å². The summed E-state index contributed by atoms with van der Waals surface area (Å²) >= 11 is 0. The molecule has 12 heavy (non-hydrogen) atoms. The molecule has 1 heteroatoms. The summed E-state index contributed by atoms with van der Waals surface area (Å²) in [5.74, 6) is 0. The van der Waals surface area contributed by atoms with Gasteiger partial charge in [-0.1, -0.05) is 33.6 Å². The summed E-state index contributed by atoms with van der Waals surface area (Å²) in [6.07, 6.45) is 7.03. The van der Waals surface area contributed by atoms with Gasteiger partial charge in [-0.15, -0.1) is 0 Å². The van der Waals surface area contributed by atoms with Gasteiger partial charge in [-0.3, -0.25) is 0 Å². The number of hydrogen-bond donors (Lipinski definition) is 0. The largest absolute Gasteiger partial charge is 0.375 e. The van der Waals surface area contributed by atoms with E-state index in [-0.39, 0.29) is 0 Å². The number of hydrogen-bond acceptors (Lipinski definition) is 1. The molecule has 0 aliphatic heterocycles. The summed E-state index contributed by atoms with van der Waals surface area (Å²) in [6, 6.07) is 0. The summed E-state index contributed by atoms with van der Waals surface area (Å²) in [7, 11) is 0. The molecule has 0 saturated carbocycles. The summed E-state index contributed by atoms with van der Waals surface area (Å²) in [6.45, 7) is 8.78. The zero-order valence-electron chi connectivity index (χ0n) is 9.10. The van der Waals surface area contributed by atoms with E-state index in [1.54, 1.807) is 0 Å². The molecule has 2 unspecified atom stereocenters. The van der Waals surface area contributed by atoms with Gasteiger partial charge in [-0.2, -0.15) is 0 Å². The van der Waals surface area contributed by atoms with Crippen LogP contribution in [-0.4, -0.2) is 12.2 Å². The molecule has 0 aromatic heterocycles. The molecule has 0 rings (SSSR count). The van der Waals surface area contributed by atoms with Crippen LogP contribution < -0.4 is 0 Å². The fourth-order valence-corrected chi connectivity index (χ4v) is 1.22. The molecule has 0 aromatic rings. The standard InChI is InChI=1S/C11H24O/c1-5-8-9-11(7-3)12-10(4)6-2/h10-11H,5-9H2,1-4H3. The molecule has 0 aliphatic rings. The lowest BCUT2D eigenvalue weighted by molar-refractivity contribution is -0.0108. The van der Waals surface area contributed by atoms with Crippen LogP contribution in [0.2, 0.25) is 0 Å². The van der Waals surface area contributed by atoms with E-state index in [2.05, 4.69) is 27.7 Å². The third-order valence-corrected chi connectivity index (χ3v) is 2.33. The topological polar surface area (TPSA) is 9.23 Å². The molecule has 1 nitrogen and oxygen atoms in total. The molecule has 0 N–H and O–H groups in total. The fraction of sp³-hybridized carbons (Fsp3) is 1.00. The van der Waals surface area contributed by atoms with Gasteiger partial charge in [0.05, 0.1) is 12.2 Å². The van der Waals surface area contributed by atoms with Crippen molar-refractivity contribution in [2.75, 3.05) is 0 Å². The first-order valence-electron chi connectivity index (χ1n) is 5.39. The van der Waals surface area contributed by atoms with Crippen molar-refractivity contribution in [2.45, 2.75) is 72.0 Å². The van der Waals surface area contributed by atoms with Crippen molar-refractivity contribution in [2.24, 2.45) is 0 Å². The molecule has 0 heterocycles. The van der Waals surface area contributed by atoms with Gasteiger partial charge in [0.15, 0.2) is 0 Å². The Hall–Kier alpha value is -0.0400. The Morgan fingerprint density at radius 1 is 1.08 bits per heavy atom. The molecule has 74 valence electrons. The van der Waals surface area contributed by atoms with Crippen molar-refractivity contribution in [3.05, 3.63) is 0 Å². The fourth-order valence-electron chi connectivity index (χ4n) is 1.22. The highest BCUT2D eigenvalue weighted by atomic mass is 16.5. The normalized spacial score (nSPS) is 16.0. The van der Waals surface area contributed by atoms with Crippen molar-refractivity contribution >= 4 is 0 Å². The quantitative estimate of drug-likeness (QED) is 0.568. The minimum atomic E-state index is 0.437. The van der Waals surface area contributed by atoms with Crippen molar-refractivity contribution in [3.63, 3.8) is 0 Å². The van der Waals surface area contributed by atoms with Crippen LogP contribution in [0.25, 0.3) is 0 Å². The molecule has 0 saturated heterocycles. The van der Waals surface area contributed by atoms with Gasteiger partial charge in [-0.05, 0) is 26.2 Å². The number of unbranched alkanes of at least 4 members (excludes halogenated alkanes) is 1. The van der Waals surface area contributed by atoms with E-state index >= 15 is 0 Å². The first-order chi connectivity index (χ1) is 5.74. The summed E-state index contributed by atoms with van der Waals surface area (Å²) < 4.78 is 5.85. The lowest BCUT2D eigenvalue weighted by Crippen LogP contribution is -2.18. The molecule has 0 spiro atoms. The molecule has 2 atom stereocenters. The summed E-state index contributed by atoms with van der Waals surface area (Å²) in [5.41, 5.74) is 0. The second-order valence-corrected chi connectivity index (χ2v) is 3.53. The Kier molecular flexibility index (Phi) is 7.58. The number of ether oxygens (including phenoxy) is 1. The molecule has 0 bridgehead atoms. The highest BCUT2D eigenvalue weighted by Crippen LogP contribution is 2.12. The third-order valence-electron chi connectivity index (χ3n) is 2.33. The SMILES string of the molecule is CCCCC(CC)OC(C)CC. The average molecular weight is 172 g/mol. The van der Waals surface area contributed by atoms with Gasteiger partial charge in [0.2, 0.25) is 0 Å². The maximum atomic E-state index is 5.85. The zero-order chi connectivity index (χ0) is 9.40. The van der Waals surface area contributed by atoms with Crippen molar-refractivity contribution in [1.82, 2.24) is 0 Å². The lowest BCUT2D eigenvalue weighted by Gasteiger charge is -2.20. The zero-order valence-corrected chi connectivity index (χ0v) is 9.10. The summed E-state index contributed by atoms with van der Waals surface area (Å²) in [5, 5.41) is 0. The third kappa shape index (κ3) is 5.59. The Balaban J connectivity index is 3.51. The second-order valence-electron chi connectivity index (χ2n) is 3.53. The van der Waals surface area contributed by atoms with Gasteiger partial charge < -0.3 is 4.74 Å². The van der Waals surface area contributed by atoms with Crippen LogP contribution >= 0.6 is 0 Å². The van der Waals surface area contributed by atoms with E-state index < -0.39 is 0 Å². The maximum absolute atomic E-state index is 5.85. The van der Waals surface area contributed by atoms with Crippen molar-refractivity contribution in [1.29, 1.82) is 0 Å². The highest BCUT2D eigenvalue weighted by molar-refractivity contribution is 4.58. The highest BCUT2D eigenvalue weighted by Gasteiger charge is 2.08. The van der Waals surface area contributed by atoms with Gasteiger partial charge in [-0.25, -0.2) is 0 Å². The van der Waals surface area contributed by atoms with Crippen LogP contribution in [0.5, 0.6) is 0 Å². The van der Waals surface area contributed by atoms with E-state index in [4.69, 9.17) is 4.74 Å². The Bertz CT molecular complexity index is 91.0. The molecular weight excluding hydrogens is 148 g/mol. The van der Waals surface area contributed by atoms with Crippen molar-refractivity contribution in [3.8, 4) is 0 Å². The monoisotopic (exact) mass is 172 g/mol. The Morgan fingerprint density at radius 2 is 1.75 bits per heavy atom. The minimum absolute atomic E-state index is 0.437. The molecule has 0 aromatic carbocycles. The van der Waals surface area contributed by atoms with Crippen LogP contribution in [0.4, 0.5) is 0 Å². The minimum Gasteiger partial charge on any atom is -0.375 e. The van der Waals surface area contributed by atoms with Gasteiger partial charge in [0.25, 0.3) is 0 Å². The predicted molar refractivity (Wildman–Crippen MR) is 54.4 cm³/mol. The van der Waals surface area contributed by atoms with Crippen LogP contribution in [0.3, 0.4) is 0 Å². The first kappa shape index (κ1) is 12.0. The average Bonchev–Trinajstić information content (AvgIpc) is 2.11. The van der Waals surface area contributed by atoms with E-state index in [1.165, 1.54) is 19.3 Å². The van der Waals surface area contributed by atoms with Crippen LogP contribution in [-0.2, 0) is 4.74 Å². The number of rotatable bonds is 7. The van der Waals surface area contributed by atoms with E-state index in [0.717, 1.165) is 12.8 Å². The molecule has 0 radical (unpaired) electrons. The predicted octanol–water partition coefficient (Wildman–Crippen LogP) is 3.77. The van der Waals surface area contributed by atoms with E-state index in [0.29, 0.717) is 12.2 Å². The Morgan fingerprint density at radius 3 is 2.17 bits per heavy atom. The van der Waals surface area contributed by atoms with Gasteiger partial charge >= 0.3 is 0 Å². The second kappa shape index (κ2) is 7.60. The maximum Gasteiger partial charge on any atom is 0.0576 e. The van der Waals surface area contributed by atoms with Gasteiger partial charge in [0.1, 0.15) is 0 Å². The van der Waals surface area contributed by atoms with Crippen molar-refractivity contribution < 1.29 is 4.74 Å². The molecular formula is C11H24O. The van der Waals surface area contributed by atoms with Gasteiger partial charge in [0, 0.05) is 0 Å². The Labute approximate surface area is 77.5 Å². The molecule has 0 aliphatic carbocycles. The van der Waals surface area contributed by atoms with Crippen LogP contribution in [0.15, 0.2) is 0 Å². The lowest BCUT2D eigenvalue weighted by atomic mass is 10.1. The smallest absolute Gasteiger partial charge is 0.0576 e. The summed E-state index contributed by atoms with van der Waals surface area (Å²) in [4.78, 5) is 0. The van der Waals surface area contributed by atoms with E-state index in [9.17, 15) is 0 Å². The molecule has 0 fully saturated rings. The van der Waals surface area contributed by atoms with Crippen LogP contribution in [0, 0.1) is 0 Å².